The molecule has 3 nitrogen and oxygen atoms in total. The van der Waals surface area contributed by atoms with Gasteiger partial charge in [-0.2, -0.15) is 0 Å². The van der Waals surface area contributed by atoms with Gasteiger partial charge >= 0.3 is 0 Å². The van der Waals surface area contributed by atoms with E-state index in [4.69, 9.17) is 16.7 Å². The van der Waals surface area contributed by atoms with E-state index in [-0.39, 0.29) is 23.2 Å². The molecule has 1 unspecified atom stereocenters. The molecule has 0 heterocycles. The zero-order valence-corrected chi connectivity index (χ0v) is 9.83. The Morgan fingerprint density at radius 2 is 2.25 bits per heavy atom. The van der Waals surface area contributed by atoms with Crippen molar-refractivity contribution in [1.82, 2.24) is 4.90 Å². The topological polar surface area (TPSA) is 40.5 Å². The molecule has 5 heteroatoms. The number of hydrogen-bond acceptors (Lipinski definition) is 2. The molecule has 0 aliphatic rings. The zero-order valence-electron chi connectivity index (χ0n) is 9.08. The Bertz CT molecular complexity index is 398. The molecule has 1 amide bonds. The van der Waals surface area contributed by atoms with Crippen molar-refractivity contribution in [3.8, 4) is 0 Å². The van der Waals surface area contributed by atoms with Gasteiger partial charge in [0.2, 0.25) is 0 Å². The number of likely N-dealkylation sites (N-methyl/N-ethyl adjacent to an activating group) is 1. The summed E-state index contributed by atoms with van der Waals surface area (Å²) in [6.45, 7) is 1.49. The quantitative estimate of drug-likeness (QED) is 0.884. The van der Waals surface area contributed by atoms with Crippen LogP contribution in [0.5, 0.6) is 0 Å². The lowest BCUT2D eigenvalue weighted by atomic mass is 10.1. The second-order valence-corrected chi connectivity index (χ2v) is 3.96. The molecule has 88 valence electrons. The van der Waals surface area contributed by atoms with E-state index in [2.05, 4.69) is 0 Å². The lowest BCUT2D eigenvalue weighted by Gasteiger charge is -2.23. The maximum atomic E-state index is 13.5. The molecule has 0 saturated heterocycles. The van der Waals surface area contributed by atoms with E-state index in [9.17, 15) is 9.18 Å². The average molecular weight is 246 g/mol. The normalized spacial score (nSPS) is 12.3. The van der Waals surface area contributed by atoms with E-state index < -0.39 is 11.7 Å². The van der Waals surface area contributed by atoms with Crippen molar-refractivity contribution in [3.05, 3.63) is 34.6 Å². The third kappa shape index (κ3) is 2.51. The number of aliphatic hydroxyl groups is 1. The number of halogens is 2. The lowest BCUT2D eigenvalue weighted by molar-refractivity contribution is 0.0677. The molecule has 0 radical (unpaired) electrons. The third-order valence-corrected chi connectivity index (χ3v) is 2.72. The molecule has 0 spiro atoms. The maximum Gasteiger partial charge on any atom is 0.256 e. The summed E-state index contributed by atoms with van der Waals surface area (Å²) in [4.78, 5) is 13.1. The number of rotatable bonds is 3. The van der Waals surface area contributed by atoms with Crippen LogP contribution in [-0.4, -0.2) is 35.6 Å². The first-order valence-corrected chi connectivity index (χ1v) is 5.18. The molecule has 0 aliphatic carbocycles. The molecular formula is C11H13ClFNO2. The summed E-state index contributed by atoms with van der Waals surface area (Å²) in [6, 6.07) is 3.88. The summed E-state index contributed by atoms with van der Waals surface area (Å²) in [5.41, 5.74) is -0.0877. The highest BCUT2D eigenvalue weighted by molar-refractivity contribution is 6.31. The summed E-state index contributed by atoms with van der Waals surface area (Å²) in [6.07, 6.45) is 0. The van der Waals surface area contributed by atoms with Crippen LogP contribution in [-0.2, 0) is 0 Å². The second-order valence-electron chi connectivity index (χ2n) is 3.55. The monoisotopic (exact) mass is 245 g/mol. The molecular weight excluding hydrogens is 233 g/mol. The van der Waals surface area contributed by atoms with Crippen LogP contribution in [0.2, 0.25) is 5.02 Å². The summed E-state index contributed by atoms with van der Waals surface area (Å²) in [5.74, 6) is -1.23. The van der Waals surface area contributed by atoms with E-state index in [1.807, 2.05) is 0 Å². The smallest absolute Gasteiger partial charge is 0.256 e. The van der Waals surface area contributed by atoms with Gasteiger partial charge in [0, 0.05) is 7.05 Å². The van der Waals surface area contributed by atoms with E-state index in [1.165, 1.54) is 30.1 Å². The van der Waals surface area contributed by atoms with Gasteiger partial charge in [-0.05, 0) is 19.1 Å². The molecule has 0 saturated carbocycles. The molecule has 1 N–H and O–H groups in total. The molecule has 1 aromatic carbocycles. The first-order valence-electron chi connectivity index (χ1n) is 4.81. The predicted molar refractivity (Wildman–Crippen MR) is 60.1 cm³/mol. The molecule has 1 rings (SSSR count). The number of nitrogens with zero attached hydrogens (tertiary/aromatic N) is 1. The first kappa shape index (κ1) is 12.9. The van der Waals surface area contributed by atoms with Crippen molar-refractivity contribution in [3.63, 3.8) is 0 Å². The highest BCUT2D eigenvalue weighted by Gasteiger charge is 2.20. The lowest BCUT2D eigenvalue weighted by Crippen LogP contribution is -2.37. The number of carbonyl (C=O) groups excluding carboxylic acids is 1. The van der Waals surface area contributed by atoms with E-state index in [1.54, 1.807) is 6.92 Å². The molecule has 1 atom stereocenters. The first-order chi connectivity index (χ1) is 7.49. The fourth-order valence-electron chi connectivity index (χ4n) is 1.18. The van der Waals surface area contributed by atoms with Crippen LogP contribution in [0.4, 0.5) is 4.39 Å². The number of amides is 1. The van der Waals surface area contributed by atoms with Gasteiger partial charge in [-0.1, -0.05) is 17.7 Å². The third-order valence-electron chi connectivity index (χ3n) is 2.43. The molecule has 0 bridgehead atoms. The highest BCUT2D eigenvalue weighted by atomic mass is 35.5. The summed E-state index contributed by atoms with van der Waals surface area (Å²) in [7, 11) is 1.50. The molecule has 0 fully saturated rings. The van der Waals surface area contributed by atoms with Gasteiger partial charge in [-0.3, -0.25) is 4.79 Å². The van der Waals surface area contributed by atoms with Crippen LogP contribution in [0.3, 0.4) is 0 Å². The Labute approximate surface area is 98.4 Å². The summed E-state index contributed by atoms with van der Waals surface area (Å²) < 4.78 is 13.5. The molecule has 0 aromatic heterocycles. The minimum atomic E-state index is -0.730. The van der Waals surface area contributed by atoms with Crippen LogP contribution in [0, 0.1) is 5.82 Å². The number of hydrogen-bond donors (Lipinski definition) is 1. The molecule has 1 aromatic rings. The minimum absolute atomic E-state index is 0.0871. The maximum absolute atomic E-state index is 13.5. The van der Waals surface area contributed by atoms with Gasteiger partial charge in [0.15, 0.2) is 5.82 Å². The van der Waals surface area contributed by atoms with Crippen LogP contribution < -0.4 is 0 Å². The van der Waals surface area contributed by atoms with Crippen molar-refractivity contribution in [2.45, 2.75) is 13.0 Å². The fraction of sp³-hybridized carbons (Fsp3) is 0.364. The predicted octanol–water partition coefficient (Wildman–Crippen LogP) is 1.93. The van der Waals surface area contributed by atoms with Crippen molar-refractivity contribution in [2.75, 3.05) is 13.7 Å². The number of carbonyl (C=O) groups is 1. The van der Waals surface area contributed by atoms with Gasteiger partial charge in [0.25, 0.3) is 5.91 Å². The van der Waals surface area contributed by atoms with Crippen LogP contribution in [0.15, 0.2) is 18.2 Å². The van der Waals surface area contributed by atoms with Gasteiger partial charge < -0.3 is 10.0 Å². The van der Waals surface area contributed by atoms with Gasteiger partial charge in [0.05, 0.1) is 23.2 Å². The number of aliphatic hydroxyl groups excluding tert-OH is 1. The Morgan fingerprint density at radius 3 is 2.81 bits per heavy atom. The zero-order chi connectivity index (χ0) is 12.3. The largest absolute Gasteiger partial charge is 0.394 e. The number of benzene rings is 1. The van der Waals surface area contributed by atoms with E-state index >= 15 is 0 Å². The Balaban J connectivity index is 3.01. The van der Waals surface area contributed by atoms with Crippen LogP contribution in [0.1, 0.15) is 17.3 Å². The van der Waals surface area contributed by atoms with Gasteiger partial charge in [-0.25, -0.2) is 4.39 Å². The van der Waals surface area contributed by atoms with Crippen molar-refractivity contribution in [1.29, 1.82) is 0 Å². The van der Waals surface area contributed by atoms with Crippen molar-refractivity contribution < 1.29 is 14.3 Å². The molecule has 0 aliphatic heterocycles. The van der Waals surface area contributed by atoms with E-state index in [0.29, 0.717) is 0 Å². The summed E-state index contributed by atoms with van der Waals surface area (Å²) >= 11 is 5.58. The van der Waals surface area contributed by atoms with Gasteiger partial charge in [-0.15, -0.1) is 0 Å². The van der Waals surface area contributed by atoms with Crippen molar-refractivity contribution >= 4 is 17.5 Å². The summed E-state index contributed by atoms with van der Waals surface area (Å²) in [5, 5.41) is 8.82. The Kier molecular flexibility index (Phi) is 4.26. The van der Waals surface area contributed by atoms with Crippen LogP contribution >= 0.6 is 11.6 Å². The highest BCUT2D eigenvalue weighted by Crippen LogP contribution is 2.19. The Hall–Kier alpha value is -1.13. The SMILES string of the molecule is CC(CO)N(C)C(=O)c1cccc(Cl)c1F. The minimum Gasteiger partial charge on any atom is -0.394 e. The average Bonchev–Trinajstić information content (AvgIpc) is 2.29. The fourth-order valence-corrected chi connectivity index (χ4v) is 1.36. The second kappa shape index (κ2) is 5.27. The molecule has 16 heavy (non-hydrogen) atoms. The Morgan fingerprint density at radius 1 is 1.62 bits per heavy atom. The van der Waals surface area contributed by atoms with Crippen molar-refractivity contribution in [2.24, 2.45) is 0 Å². The standard InChI is InChI=1S/C11H13ClFNO2/c1-7(6-15)14(2)11(16)8-4-3-5-9(12)10(8)13/h3-5,7,15H,6H2,1-2H3. The van der Waals surface area contributed by atoms with Gasteiger partial charge in [0.1, 0.15) is 0 Å². The van der Waals surface area contributed by atoms with Crippen LogP contribution in [0.25, 0.3) is 0 Å². The van der Waals surface area contributed by atoms with E-state index in [0.717, 1.165) is 0 Å².